The molecule has 2 aromatic rings. The molecule has 2 aromatic carbocycles. The molecule has 0 atom stereocenters. The second-order valence-corrected chi connectivity index (χ2v) is 5.19. The topological polar surface area (TPSA) is 61.5 Å². The Hall–Kier alpha value is -2.33. The van der Waals surface area contributed by atoms with Crippen LogP contribution in [0.4, 0.5) is 0 Å². The summed E-state index contributed by atoms with van der Waals surface area (Å²) in [6, 6.07) is 11.6. The summed E-state index contributed by atoms with van der Waals surface area (Å²) < 4.78 is 10.4. The Morgan fingerprint density at radius 2 is 1.91 bits per heavy atom. The lowest BCUT2D eigenvalue weighted by atomic mass is 9.97. The number of ether oxygens (including phenoxy) is 2. The maximum Gasteiger partial charge on any atom is 0.338 e. The molecule has 0 spiro atoms. The van der Waals surface area contributed by atoms with E-state index in [2.05, 4.69) is 13.0 Å². The number of hydrogen-bond donors (Lipinski definition) is 1. The number of rotatable bonds is 5. The minimum Gasteiger partial charge on any atom is -0.492 e. The zero-order valence-corrected chi connectivity index (χ0v) is 13.2. The van der Waals surface area contributed by atoms with E-state index in [9.17, 15) is 4.79 Å². The van der Waals surface area contributed by atoms with Gasteiger partial charge in [-0.2, -0.15) is 0 Å². The van der Waals surface area contributed by atoms with Crippen molar-refractivity contribution in [1.29, 1.82) is 0 Å². The molecule has 0 aliphatic carbocycles. The van der Waals surface area contributed by atoms with Gasteiger partial charge < -0.3 is 15.2 Å². The molecule has 0 amide bonds. The molecule has 0 radical (unpaired) electrons. The Morgan fingerprint density at radius 3 is 2.55 bits per heavy atom. The van der Waals surface area contributed by atoms with E-state index in [1.807, 2.05) is 31.2 Å². The number of nitrogens with two attached hydrogens (primary N) is 1. The second-order valence-electron chi connectivity index (χ2n) is 5.19. The van der Waals surface area contributed by atoms with E-state index in [1.165, 1.54) is 12.7 Å². The van der Waals surface area contributed by atoms with Gasteiger partial charge in [-0.1, -0.05) is 23.8 Å². The Morgan fingerprint density at radius 1 is 1.14 bits per heavy atom. The molecule has 2 rings (SSSR count). The number of esters is 1. The highest BCUT2D eigenvalue weighted by atomic mass is 16.5. The predicted octanol–water partition coefficient (Wildman–Crippen LogP) is 3.09. The van der Waals surface area contributed by atoms with Gasteiger partial charge in [0.2, 0.25) is 0 Å². The fraction of sp³-hybridized carbons (Fsp3) is 0.278. The molecule has 0 unspecified atom stereocenters. The van der Waals surface area contributed by atoms with Crippen LogP contribution in [0.3, 0.4) is 0 Å². The van der Waals surface area contributed by atoms with Crippen LogP contribution in [-0.2, 0) is 4.74 Å². The van der Waals surface area contributed by atoms with Crippen LogP contribution in [-0.4, -0.2) is 26.2 Å². The zero-order chi connectivity index (χ0) is 16.1. The third-order valence-corrected chi connectivity index (χ3v) is 3.41. The standard InChI is InChI=1S/C18H21NO3/c1-12-4-5-17(13(2)8-12)14-9-15(18(20)21-3)11-16(10-14)22-7-6-19/h4-5,8-11H,6-7,19H2,1-3H3. The Kier molecular flexibility index (Phi) is 5.17. The van der Waals surface area contributed by atoms with Crippen molar-refractivity contribution in [3.63, 3.8) is 0 Å². The summed E-state index contributed by atoms with van der Waals surface area (Å²) in [6.45, 7) is 4.92. The highest BCUT2D eigenvalue weighted by molar-refractivity contribution is 5.92. The zero-order valence-electron chi connectivity index (χ0n) is 13.2. The van der Waals surface area contributed by atoms with Crippen LogP contribution in [0.5, 0.6) is 5.75 Å². The molecule has 0 aromatic heterocycles. The van der Waals surface area contributed by atoms with Gasteiger partial charge in [0.1, 0.15) is 12.4 Å². The summed E-state index contributed by atoms with van der Waals surface area (Å²) >= 11 is 0. The van der Waals surface area contributed by atoms with Crippen LogP contribution in [0, 0.1) is 13.8 Å². The summed E-state index contributed by atoms with van der Waals surface area (Å²) in [6.07, 6.45) is 0. The number of methoxy groups -OCH3 is 1. The normalized spacial score (nSPS) is 10.4. The van der Waals surface area contributed by atoms with Gasteiger partial charge in [0.05, 0.1) is 12.7 Å². The van der Waals surface area contributed by atoms with Crippen molar-refractivity contribution >= 4 is 5.97 Å². The summed E-state index contributed by atoms with van der Waals surface area (Å²) in [4.78, 5) is 11.9. The second kappa shape index (κ2) is 7.09. The quantitative estimate of drug-likeness (QED) is 0.862. The molecular formula is C18H21NO3. The van der Waals surface area contributed by atoms with Crippen LogP contribution < -0.4 is 10.5 Å². The van der Waals surface area contributed by atoms with Gasteiger partial charge in [-0.15, -0.1) is 0 Å². The van der Waals surface area contributed by atoms with E-state index in [-0.39, 0.29) is 5.97 Å². The van der Waals surface area contributed by atoms with Crippen molar-refractivity contribution in [2.24, 2.45) is 5.73 Å². The molecule has 0 saturated carbocycles. The summed E-state index contributed by atoms with van der Waals surface area (Å²) in [5, 5.41) is 0. The van der Waals surface area contributed by atoms with Crippen LogP contribution in [0.2, 0.25) is 0 Å². The highest BCUT2D eigenvalue weighted by Gasteiger charge is 2.12. The first kappa shape index (κ1) is 16.0. The van der Waals surface area contributed by atoms with E-state index in [1.54, 1.807) is 6.07 Å². The van der Waals surface area contributed by atoms with Crippen LogP contribution in [0.15, 0.2) is 36.4 Å². The number of aryl methyl sites for hydroxylation is 2. The summed E-state index contributed by atoms with van der Waals surface area (Å²) in [5.74, 6) is 0.229. The Bertz CT molecular complexity index is 680. The molecule has 0 aliphatic rings. The maximum atomic E-state index is 11.9. The van der Waals surface area contributed by atoms with Crippen molar-refractivity contribution < 1.29 is 14.3 Å². The van der Waals surface area contributed by atoms with Crippen molar-refractivity contribution in [3.05, 3.63) is 53.1 Å². The number of carbonyl (C=O) groups is 1. The van der Waals surface area contributed by atoms with Crippen molar-refractivity contribution in [1.82, 2.24) is 0 Å². The van der Waals surface area contributed by atoms with Gasteiger partial charge in [-0.25, -0.2) is 4.79 Å². The first-order chi connectivity index (χ1) is 10.5. The van der Waals surface area contributed by atoms with Crippen LogP contribution in [0.1, 0.15) is 21.5 Å². The summed E-state index contributed by atoms with van der Waals surface area (Å²) in [5.41, 5.74) is 10.3. The predicted molar refractivity (Wildman–Crippen MR) is 87.2 cm³/mol. The molecule has 0 aliphatic heterocycles. The monoisotopic (exact) mass is 299 g/mol. The van der Waals surface area contributed by atoms with Gasteiger partial charge in [0, 0.05) is 6.54 Å². The minimum absolute atomic E-state index is 0.385. The molecule has 4 nitrogen and oxygen atoms in total. The lowest BCUT2D eigenvalue weighted by Crippen LogP contribution is -2.11. The van der Waals surface area contributed by atoms with E-state index in [0.717, 1.165) is 16.7 Å². The molecule has 0 heterocycles. The lowest BCUT2D eigenvalue weighted by Gasteiger charge is -2.12. The molecule has 22 heavy (non-hydrogen) atoms. The molecule has 2 N–H and O–H groups in total. The first-order valence-electron chi connectivity index (χ1n) is 7.19. The fourth-order valence-electron chi connectivity index (χ4n) is 2.39. The molecule has 116 valence electrons. The molecule has 0 saturated heterocycles. The van der Waals surface area contributed by atoms with Crippen molar-refractivity contribution in [3.8, 4) is 16.9 Å². The molecular weight excluding hydrogens is 278 g/mol. The molecule has 0 bridgehead atoms. The highest BCUT2D eigenvalue weighted by Crippen LogP contribution is 2.29. The van der Waals surface area contributed by atoms with E-state index in [0.29, 0.717) is 24.5 Å². The van der Waals surface area contributed by atoms with Gasteiger partial charge in [0.15, 0.2) is 0 Å². The smallest absolute Gasteiger partial charge is 0.338 e. The van der Waals surface area contributed by atoms with Gasteiger partial charge in [-0.05, 0) is 48.7 Å². The molecule has 4 heteroatoms. The van der Waals surface area contributed by atoms with E-state index < -0.39 is 0 Å². The average Bonchev–Trinajstić information content (AvgIpc) is 2.51. The lowest BCUT2D eigenvalue weighted by molar-refractivity contribution is 0.0600. The van der Waals surface area contributed by atoms with Gasteiger partial charge in [-0.3, -0.25) is 0 Å². The van der Waals surface area contributed by atoms with Gasteiger partial charge >= 0.3 is 5.97 Å². The minimum atomic E-state index is -0.385. The fourth-order valence-corrected chi connectivity index (χ4v) is 2.39. The largest absolute Gasteiger partial charge is 0.492 e. The molecule has 0 fully saturated rings. The summed E-state index contributed by atoms with van der Waals surface area (Å²) in [7, 11) is 1.37. The van der Waals surface area contributed by atoms with Crippen LogP contribution >= 0.6 is 0 Å². The SMILES string of the molecule is COC(=O)c1cc(OCCN)cc(-c2ccc(C)cc2C)c1. The van der Waals surface area contributed by atoms with Crippen LogP contribution in [0.25, 0.3) is 11.1 Å². The number of hydrogen-bond acceptors (Lipinski definition) is 4. The van der Waals surface area contributed by atoms with Crippen molar-refractivity contribution in [2.75, 3.05) is 20.3 Å². The third-order valence-electron chi connectivity index (χ3n) is 3.41. The third kappa shape index (κ3) is 3.65. The van der Waals surface area contributed by atoms with E-state index >= 15 is 0 Å². The van der Waals surface area contributed by atoms with Crippen molar-refractivity contribution in [2.45, 2.75) is 13.8 Å². The first-order valence-corrected chi connectivity index (χ1v) is 7.19. The maximum absolute atomic E-state index is 11.9. The number of benzene rings is 2. The average molecular weight is 299 g/mol. The number of carbonyl (C=O) groups excluding carboxylic acids is 1. The van der Waals surface area contributed by atoms with E-state index in [4.69, 9.17) is 15.2 Å². The Labute approximate surface area is 130 Å². The Balaban J connectivity index is 2.51. The van der Waals surface area contributed by atoms with Gasteiger partial charge in [0.25, 0.3) is 0 Å².